The number of nitrogen functional groups attached to an aromatic ring is 1. The van der Waals surface area contributed by atoms with Crippen molar-refractivity contribution in [1.29, 1.82) is 0 Å². The highest BCUT2D eigenvalue weighted by Gasteiger charge is 2.21. The highest BCUT2D eigenvalue weighted by molar-refractivity contribution is 6.35. The molecule has 1 aliphatic heterocycles. The lowest BCUT2D eigenvalue weighted by Gasteiger charge is -2.20. The minimum absolute atomic E-state index is 0.121. The standard InChI is InChI=1S/C25H24Cl2N8O/c26-17-7-6-14(19(27)11-17)10-21(36)31-18-5-1-3-15(9-18)20-13-30-23(28)22(32-20)25-33-24(34-35-25)16-4-2-8-29-12-16/h1,3,5-7,9,11,13,16,29H,2,4,8,10,12H2,(H2,28,30)(H,31,36)(H,33,34,35)/t16-/m0/s1. The second-order valence-electron chi connectivity index (χ2n) is 8.62. The van der Waals surface area contributed by atoms with Crippen LogP contribution in [0.5, 0.6) is 0 Å². The number of nitrogens with zero attached hydrogens (tertiary/aromatic N) is 4. The maximum atomic E-state index is 12.6. The molecule has 1 saturated heterocycles. The molecular weight excluding hydrogens is 499 g/mol. The van der Waals surface area contributed by atoms with Crippen LogP contribution in [-0.2, 0) is 11.2 Å². The van der Waals surface area contributed by atoms with Crippen LogP contribution >= 0.6 is 23.2 Å². The second-order valence-corrected chi connectivity index (χ2v) is 9.46. The van der Waals surface area contributed by atoms with Crippen LogP contribution in [-0.4, -0.2) is 44.1 Å². The second kappa shape index (κ2) is 10.6. The summed E-state index contributed by atoms with van der Waals surface area (Å²) >= 11 is 12.1. The molecule has 0 bridgehead atoms. The molecule has 0 saturated carbocycles. The summed E-state index contributed by atoms with van der Waals surface area (Å²) in [5.41, 5.74) is 9.19. The minimum atomic E-state index is -0.203. The number of aromatic amines is 1. The van der Waals surface area contributed by atoms with Gasteiger partial charge in [-0.2, -0.15) is 5.10 Å². The van der Waals surface area contributed by atoms with Gasteiger partial charge >= 0.3 is 0 Å². The molecule has 5 N–H and O–H groups in total. The van der Waals surface area contributed by atoms with Gasteiger partial charge in [0.1, 0.15) is 5.82 Å². The van der Waals surface area contributed by atoms with Crippen molar-refractivity contribution < 1.29 is 4.79 Å². The fraction of sp³-hybridized carbons (Fsp3) is 0.240. The van der Waals surface area contributed by atoms with E-state index in [1.165, 1.54) is 0 Å². The van der Waals surface area contributed by atoms with Crippen molar-refractivity contribution in [3.05, 3.63) is 70.1 Å². The molecule has 1 amide bonds. The van der Waals surface area contributed by atoms with Gasteiger partial charge < -0.3 is 16.4 Å². The number of halogens is 2. The topological polar surface area (TPSA) is 134 Å². The van der Waals surface area contributed by atoms with Gasteiger partial charge in [0.25, 0.3) is 0 Å². The first-order valence-electron chi connectivity index (χ1n) is 11.6. The molecule has 1 atom stereocenters. The Kier molecular flexibility index (Phi) is 7.13. The van der Waals surface area contributed by atoms with E-state index in [1.54, 1.807) is 30.5 Å². The van der Waals surface area contributed by atoms with Crippen molar-refractivity contribution in [2.24, 2.45) is 0 Å². The van der Waals surface area contributed by atoms with Crippen LogP contribution in [0.4, 0.5) is 11.5 Å². The first kappa shape index (κ1) is 24.2. The SMILES string of the molecule is Nc1ncc(-c2cccc(NC(=O)Cc3ccc(Cl)cc3Cl)c2)nc1-c1n[nH]c([C@H]2CCCNC2)n1. The summed E-state index contributed by atoms with van der Waals surface area (Å²) in [6.07, 6.45) is 3.85. The summed E-state index contributed by atoms with van der Waals surface area (Å²) in [7, 11) is 0. The Morgan fingerprint density at radius 2 is 2.06 bits per heavy atom. The van der Waals surface area contributed by atoms with E-state index in [0.29, 0.717) is 38.5 Å². The van der Waals surface area contributed by atoms with Crippen molar-refractivity contribution in [3.8, 4) is 22.8 Å². The number of amides is 1. The van der Waals surface area contributed by atoms with Gasteiger partial charge in [-0.1, -0.05) is 41.4 Å². The largest absolute Gasteiger partial charge is 0.382 e. The molecule has 2 aromatic carbocycles. The zero-order chi connectivity index (χ0) is 25.1. The van der Waals surface area contributed by atoms with Gasteiger partial charge in [0.15, 0.2) is 11.5 Å². The number of aromatic nitrogens is 5. The number of benzene rings is 2. The molecule has 11 heteroatoms. The Hall–Kier alpha value is -3.53. The first-order chi connectivity index (χ1) is 17.5. The van der Waals surface area contributed by atoms with Crippen molar-refractivity contribution in [2.75, 3.05) is 24.1 Å². The van der Waals surface area contributed by atoms with Crippen molar-refractivity contribution in [3.63, 3.8) is 0 Å². The molecule has 1 fully saturated rings. The summed E-state index contributed by atoms with van der Waals surface area (Å²) in [6, 6.07) is 12.4. The maximum Gasteiger partial charge on any atom is 0.228 e. The lowest BCUT2D eigenvalue weighted by Crippen LogP contribution is -2.28. The summed E-state index contributed by atoms with van der Waals surface area (Å²) in [6.45, 7) is 1.88. The van der Waals surface area contributed by atoms with E-state index in [2.05, 4.69) is 35.8 Å². The van der Waals surface area contributed by atoms with Gasteiger partial charge in [-0.3, -0.25) is 9.89 Å². The van der Waals surface area contributed by atoms with E-state index in [1.807, 2.05) is 18.2 Å². The summed E-state index contributed by atoms with van der Waals surface area (Å²) in [5.74, 6) is 1.54. The molecule has 4 aromatic rings. The number of hydrogen-bond donors (Lipinski definition) is 4. The smallest absolute Gasteiger partial charge is 0.228 e. The fourth-order valence-corrected chi connectivity index (χ4v) is 4.62. The molecular formula is C25H24Cl2N8O. The van der Waals surface area contributed by atoms with Gasteiger partial charge in [-0.05, 0) is 49.2 Å². The maximum absolute atomic E-state index is 12.6. The number of carbonyl (C=O) groups is 1. The molecule has 0 radical (unpaired) electrons. The Morgan fingerprint density at radius 3 is 2.86 bits per heavy atom. The highest BCUT2D eigenvalue weighted by atomic mass is 35.5. The number of H-pyrrole nitrogens is 1. The first-order valence-corrected chi connectivity index (χ1v) is 12.3. The third kappa shape index (κ3) is 5.48. The third-order valence-electron chi connectivity index (χ3n) is 6.01. The van der Waals surface area contributed by atoms with Crippen LogP contribution in [0.2, 0.25) is 10.0 Å². The van der Waals surface area contributed by atoms with Crippen LogP contribution in [0, 0.1) is 0 Å². The fourth-order valence-electron chi connectivity index (χ4n) is 4.15. The van der Waals surface area contributed by atoms with Gasteiger partial charge in [-0.25, -0.2) is 15.0 Å². The lowest BCUT2D eigenvalue weighted by molar-refractivity contribution is -0.115. The summed E-state index contributed by atoms with van der Waals surface area (Å²) in [5, 5.41) is 14.6. The van der Waals surface area contributed by atoms with Crippen LogP contribution < -0.4 is 16.4 Å². The van der Waals surface area contributed by atoms with E-state index in [-0.39, 0.29) is 24.1 Å². The van der Waals surface area contributed by atoms with Gasteiger partial charge in [0.05, 0.1) is 18.3 Å². The Morgan fingerprint density at radius 1 is 1.17 bits per heavy atom. The monoisotopic (exact) mass is 522 g/mol. The Balaban J connectivity index is 1.34. The number of piperidine rings is 1. The highest BCUT2D eigenvalue weighted by Crippen LogP contribution is 2.28. The number of rotatable bonds is 6. The predicted molar refractivity (Wildman–Crippen MR) is 141 cm³/mol. The number of anilines is 2. The number of nitrogens with two attached hydrogens (primary N) is 1. The van der Waals surface area contributed by atoms with Crippen molar-refractivity contribution in [1.82, 2.24) is 30.5 Å². The Bertz CT molecular complexity index is 1400. The van der Waals surface area contributed by atoms with E-state index < -0.39 is 0 Å². The van der Waals surface area contributed by atoms with Gasteiger partial charge in [0, 0.05) is 33.8 Å². The van der Waals surface area contributed by atoms with Gasteiger partial charge in [0.2, 0.25) is 11.7 Å². The van der Waals surface area contributed by atoms with E-state index in [9.17, 15) is 4.79 Å². The molecule has 3 heterocycles. The molecule has 0 unspecified atom stereocenters. The molecule has 5 rings (SSSR count). The van der Waals surface area contributed by atoms with E-state index >= 15 is 0 Å². The van der Waals surface area contributed by atoms with Crippen LogP contribution in [0.25, 0.3) is 22.8 Å². The molecule has 36 heavy (non-hydrogen) atoms. The van der Waals surface area contributed by atoms with Crippen LogP contribution in [0.3, 0.4) is 0 Å². The number of nitrogens with one attached hydrogen (secondary N) is 3. The number of carbonyl (C=O) groups excluding carboxylic acids is 1. The zero-order valence-electron chi connectivity index (χ0n) is 19.3. The Labute approximate surface area is 217 Å². The minimum Gasteiger partial charge on any atom is -0.382 e. The zero-order valence-corrected chi connectivity index (χ0v) is 20.8. The van der Waals surface area contributed by atoms with E-state index in [4.69, 9.17) is 28.9 Å². The van der Waals surface area contributed by atoms with Crippen LogP contribution in [0.15, 0.2) is 48.7 Å². The summed E-state index contributed by atoms with van der Waals surface area (Å²) in [4.78, 5) is 26.3. The van der Waals surface area contributed by atoms with Crippen molar-refractivity contribution in [2.45, 2.75) is 25.2 Å². The molecule has 1 aliphatic rings. The average Bonchev–Trinajstić information content (AvgIpc) is 3.37. The van der Waals surface area contributed by atoms with Crippen LogP contribution in [0.1, 0.15) is 30.1 Å². The molecule has 9 nitrogen and oxygen atoms in total. The van der Waals surface area contributed by atoms with Crippen molar-refractivity contribution >= 4 is 40.6 Å². The predicted octanol–water partition coefficient (Wildman–Crippen LogP) is 4.47. The molecule has 0 aliphatic carbocycles. The average molecular weight is 523 g/mol. The quantitative estimate of drug-likeness (QED) is 0.293. The molecule has 0 spiro atoms. The summed E-state index contributed by atoms with van der Waals surface area (Å²) < 4.78 is 0. The van der Waals surface area contributed by atoms with Gasteiger partial charge in [-0.15, -0.1) is 0 Å². The van der Waals surface area contributed by atoms with E-state index in [0.717, 1.165) is 37.3 Å². The molecule has 2 aromatic heterocycles. The normalized spacial score (nSPS) is 15.6. The third-order valence-corrected chi connectivity index (χ3v) is 6.59. The number of hydrogen-bond acceptors (Lipinski definition) is 7. The molecule has 184 valence electrons. The lowest BCUT2D eigenvalue weighted by atomic mass is 9.99.